The molecule has 1 fully saturated rings. The quantitative estimate of drug-likeness (QED) is 0.825. The van der Waals surface area contributed by atoms with Crippen LogP contribution in [0.25, 0.3) is 0 Å². The molecule has 0 aromatic heterocycles. The van der Waals surface area contributed by atoms with Crippen molar-refractivity contribution in [1.82, 2.24) is 15.1 Å². The first-order chi connectivity index (χ1) is 12.0. The number of nitrogens with one attached hydrogen (secondary N) is 1. The molecule has 0 aliphatic carbocycles. The molecule has 7 heteroatoms. The van der Waals surface area contributed by atoms with E-state index in [0.717, 1.165) is 5.56 Å². The van der Waals surface area contributed by atoms with E-state index in [1.807, 2.05) is 30.0 Å². The summed E-state index contributed by atoms with van der Waals surface area (Å²) in [7, 11) is 3.18. The van der Waals surface area contributed by atoms with Crippen molar-refractivity contribution in [2.45, 2.75) is 26.4 Å². The Balaban J connectivity index is 1.86. The van der Waals surface area contributed by atoms with Gasteiger partial charge in [-0.2, -0.15) is 0 Å². The lowest BCUT2D eigenvalue weighted by atomic mass is 10.1. The Hall–Kier alpha value is -2.28. The minimum absolute atomic E-state index is 0.0222. The van der Waals surface area contributed by atoms with Gasteiger partial charge in [-0.3, -0.25) is 14.5 Å². The Labute approximate surface area is 148 Å². The van der Waals surface area contributed by atoms with Crippen LogP contribution in [0.3, 0.4) is 0 Å². The number of nitrogens with zero attached hydrogens (tertiary/aromatic N) is 2. The zero-order valence-corrected chi connectivity index (χ0v) is 15.4. The van der Waals surface area contributed by atoms with Crippen LogP contribution in [0.1, 0.15) is 19.4 Å². The van der Waals surface area contributed by atoms with Crippen molar-refractivity contribution in [3.8, 4) is 11.5 Å². The summed E-state index contributed by atoms with van der Waals surface area (Å²) in [5.41, 5.74) is 0.944. The maximum absolute atomic E-state index is 12.4. The van der Waals surface area contributed by atoms with Crippen LogP contribution in [0.4, 0.5) is 0 Å². The summed E-state index contributed by atoms with van der Waals surface area (Å²) in [6, 6.07) is 5.35. The molecule has 0 saturated carbocycles. The van der Waals surface area contributed by atoms with Crippen molar-refractivity contribution in [3.05, 3.63) is 23.8 Å². The molecule has 0 bridgehead atoms. The fourth-order valence-corrected chi connectivity index (χ4v) is 2.92. The molecule has 1 aromatic carbocycles. The second-order valence-corrected chi connectivity index (χ2v) is 6.13. The Bertz CT molecular complexity index is 612. The monoisotopic (exact) mass is 349 g/mol. The van der Waals surface area contributed by atoms with E-state index in [1.165, 1.54) is 0 Å². The lowest BCUT2D eigenvalue weighted by Crippen LogP contribution is -2.54. The highest BCUT2D eigenvalue weighted by molar-refractivity contribution is 5.81. The van der Waals surface area contributed by atoms with Gasteiger partial charge in [-0.05, 0) is 24.6 Å². The van der Waals surface area contributed by atoms with Crippen LogP contribution >= 0.6 is 0 Å². The number of ether oxygens (including phenoxy) is 2. The van der Waals surface area contributed by atoms with Crippen LogP contribution in [0, 0.1) is 0 Å². The Morgan fingerprint density at radius 3 is 2.32 bits per heavy atom. The second-order valence-electron chi connectivity index (χ2n) is 6.13. The third-order valence-corrected chi connectivity index (χ3v) is 4.60. The van der Waals surface area contributed by atoms with Gasteiger partial charge < -0.3 is 19.7 Å². The van der Waals surface area contributed by atoms with Crippen molar-refractivity contribution >= 4 is 11.8 Å². The summed E-state index contributed by atoms with van der Waals surface area (Å²) < 4.78 is 10.5. The normalized spacial score (nSPS) is 16.2. The fraction of sp³-hybridized carbons (Fsp3) is 0.556. The van der Waals surface area contributed by atoms with E-state index in [4.69, 9.17) is 9.47 Å². The number of carbonyl (C=O) groups is 2. The summed E-state index contributed by atoms with van der Waals surface area (Å²) in [6.45, 7) is 6.67. The first kappa shape index (κ1) is 19.1. The largest absolute Gasteiger partial charge is 0.493 e. The summed E-state index contributed by atoms with van der Waals surface area (Å²) in [5.74, 6) is 1.37. The zero-order chi connectivity index (χ0) is 18.4. The standard InChI is InChI=1S/C18H27N3O4/c1-13(20-7-9-21(10-8-20)14(2)22)18(23)19-12-15-5-6-16(24-3)17(11-15)25-4/h5-6,11,13H,7-10,12H2,1-4H3,(H,19,23)/t13-/m0/s1. The average molecular weight is 349 g/mol. The van der Waals surface area contributed by atoms with Gasteiger partial charge in [0.25, 0.3) is 0 Å². The highest BCUT2D eigenvalue weighted by Gasteiger charge is 2.26. The minimum Gasteiger partial charge on any atom is -0.493 e. The molecule has 25 heavy (non-hydrogen) atoms. The van der Waals surface area contributed by atoms with Crippen LogP contribution in [0.15, 0.2) is 18.2 Å². The number of carbonyl (C=O) groups excluding carboxylic acids is 2. The highest BCUT2D eigenvalue weighted by atomic mass is 16.5. The lowest BCUT2D eigenvalue weighted by Gasteiger charge is -2.37. The Morgan fingerprint density at radius 2 is 1.76 bits per heavy atom. The van der Waals surface area contributed by atoms with E-state index in [9.17, 15) is 9.59 Å². The van der Waals surface area contributed by atoms with Gasteiger partial charge in [-0.25, -0.2) is 0 Å². The van der Waals surface area contributed by atoms with Gasteiger partial charge in [0.15, 0.2) is 11.5 Å². The van der Waals surface area contributed by atoms with E-state index in [1.54, 1.807) is 21.1 Å². The Kier molecular flexibility index (Phi) is 6.64. The number of hydrogen-bond acceptors (Lipinski definition) is 5. The first-order valence-electron chi connectivity index (χ1n) is 8.44. The highest BCUT2D eigenvalue weighted by Crippen LogP contribution is 2.27. The van der Waals surface area contributed by atoms with Gasteiger partial charge in [0.05, 0.1) is 20.3 Å². The van der Waals surface area contributed by atoms with Crippen LogP contribution in [-0.2, 0) is 16.1 Å². The minimum atomic E-state index is -0.228. The maximum atomic E-state index is 12.4. The molecule has 2 amide bonds. The molecule has 1 aliphatic heterocycles. The van der Waals surface area contributed by atoms with Gasteiger partial charge in [-0.1, -0.05) is 6.07 Å². The molecule has 1 aromatic rings. The van der Waals surface area contributed by atoms with Crippen LogP contribution in [0.5, 0.6) is 11.5 Å². The second kappa shape index (κ2) is 8.71. The van der Waals surface area contributed by atoms with Crippen LogP contribution in [-0.4, -0.2) is 68.1 Å². The number of methoxy groups -OCH3 is 2. The summed E-state index contributed by atoms with van der Waals surface area (Å²) in [4.78, 5) is 27.7. The van der Waals surface area contributed by atoms with Gasteiger partial charge in [-0.15, -0.1) is 0 Å². The number of hydrogen-bond donors (Lipinski definition) is 1. The van der Waals surface area contributed by atoms with Crippen molar-refractivity contribution in [2.24, 2.45) is 0 Å². The van der Waals surface area contributed by atoms with Gasteiger partial charge in [0.1, 0.15) is 0 Å². The molecule has 7 nitrogen and oxygen atoms in total. The number of piperazine rings is 1. The smallest absolute Gasteiger partial charge is 0.237 e. The molecule has 1 aliphatic rings. The van der Waals surface area contributed by atoms with Crippen molar-refractivity contribution in [1.29, 1.82) is 0 Å². The van der Waals surface area contributed by atoms with E-state index in [0.29, 0.717) is 44.2 Å². The molecule has 1 saturated heterocycles. The molecular weight excluding hydrogens is 322 g/mol. The van der Waals surface area contributed by atoms with Gasteiger partial charge in [0, 0.05) is 39.6 Å². The number of benzene rings is 1. The van der Waals surface area contributed by atoms with Crippen molar-refractivity contribution in [2.75, 3.05) is 40.4 Å². The molecule has 1 atom stereocenters. The van der Waals surface area contributed by atoms with E-state index >= 15 is 0 Å². The predicted molar refractivity (Wildman–Crippen MR) is 94.7 cm³/mol. The topological polar surface area (TPSA) is 71.1 Å². The summed E-state index contributed by atoms with van der Waals surface area (Å²) in [5, 5.41) is 2.96. The molecule has 0 radical (unpaired) electrons. The number of amides is 2. The van der Waals surface area contributed by atoms with E-state index in [2.05, 4.69) is 10.2 Å². The summed E-state index contributed by atoms with van der Waals surface area (Å²) >= 11 is 0. The molecule has 138 valence electrons. The third-order valence-electron chi connectivity index (χ3n) is 4.60. The first-order valence-corrected chi connectivity index (χ1v) is 8.44. The lowest BCUT2D eigenvalue weighted by molar-refractivity contribution is -0.132. The van der Waals surface area contributed by atoms with Crippen molar-refractivity contribution in [3.63, 3.8) is 0 Å². The van der Waals surface area contributed by atoms with E-state index in [-0.39, 0.29) is 17.9 Å². The Morgan fingerprint density at radius 1 is 1.12 bits per heavy atom. The predicted octanol–water partition coefficient (Wildman–Crippen LogP) is 0.873. The molecule has 0 spiro atoms. The molecule has 1 heterocycles. The summed E-state index contributed by atoms with van der Waals surface area (Å²) in [6.07, 6.45) is 0. The SMILES string of the molecule is COc1ccc(CNC(=O)[C@H](C)N2CCN(C(C)=O)CC2)cc1OC. The number of rotatable bonds is 6. The zero-order valence-electron chi connectivity index (χ0n) is 15.4. The van der Waals surface area contributed by atoms with Crippen LogP contribution < -0.4 is 14.8 Å². The molecule has 0 unspecified atom stereocenters. The maximum Gasteiger partial charge on any atom is 0.237 e. The van der Waals surface area contributed by atoms with Crippen LogP contribution in [0.2, 0.25) is 0 Å². The third kappa shape index (κ3) is 4.85. The fourth-order valence-electron chi connectivity index (χ4n) is 2.92. The van der Waals surface area contributed by atoms with E-state index < -0.39 is 0 Å². The van der Waals surface area contributed by atoms with Crippen molar-refractivity contribution < 1.29 is 19.1 Å². The molecule has 2 rings (SSSR count). The van der Waals surface area contributed by atoms with Gasteiger partial charge in [0.2, 0.25) is 11.8 Å². The van der Waals surface area contributed by atoms with Gasteiger partial charge >= 0.3 is 0 Å². The average Bonchev–Trinajstić information content (AvgIpc) is 2.65. The molecule has 1 N–H and O–H groups in total. The molecular formula is C18H27N3O4.